The van der Waals surface area contributed by atoms with Crippen molar-refractivity contribution in [1.82, 2.24) is 20.1 Å². The molecule has 0 radical (unpaired) electrons. The Bertz CT molecular complexity index is 1110. The van der Waals surface area contributed by atoms with Gasteiger partial charge in [0.05, 0.1) is 12.3 Å². The Morgan fingerprint density at radius 2 is 1.81 bits per heavy atom. The summed E-state index contributed by atoms with van der Waals surface area (Å²) in [5.74, 6) is 0.568. The standard InChI is InChI=1S/C22H24IN5O2S/c1-13-6-5-7-16(8-13)21(30)24-11-18-26-27-22(28(18)4)31-12-19(29)25-20-14(2)9-17(23)10-15(20)3/h5-10H,11-12H2,1-4H3,(H,24,30)(H,25,29). The monoisotopic (exact) mass is 549 g/mol. The summed E-state index contributed by atoms with van der Waals surface area (Å²) in [7, 11) is 1.82. The zero-order valence-electron chi connectivity index (χ0n) is 17.8. The molecule has 0 aliphatic carbocycles. The minimum Gasteiger partial charge on any atom is -0.345 e. The molecule has 1 heterocycles. The number of aryl methyl sites for hydroxylation is 3. The summed E-state index contributed by atoms with van der Waals surface area (Å²) < 4.78 is 2.93. The number of halogens is 1. The molecule has 0 bridgehead atoms. The third-order valence-electron chi connectivity index (χ3n) is 4.71. The summed E-state index contributed by atoms with van der Waals surface area (Å²) in [6.07, 6.45) is 0. The van der Waals surface area contributed by atoms with Gasteiger partial charge in [-0.2, -0.15) is 0 Å². The maximum absolute atomic E-state index is 12.4. The molecule has 0 aliphatic heterocycles. The van der Waals surface area contributed by atoms with Crippen molar-refractivity contribution in [2.24, 2.45) is 7.05 Å². The van der Waals surface area contributed by atoms with E-state index in [-0.39, 0.29) is 24.1 Å². The molecular weight excluding hydrogens is 525 g/mol. The fourth-order valence-electron chi connectivity index (χ4n) is 3.09. The van der Waals surface area contributed by atoms with Gasteiger partial charge in [-0.15, -0.1) is 10.2 Å². The van der Waals surface area contributed by atoms with Gasteiger partial charge in [-0.25, -0.2) is 0 Å². The third-order valence-corrected chi connectivity index (χ3v) is 6.35. The zero-order valence-corrected chi connectivity index (χ0v) is 20.8. The lowest BCUT2D eigenvalue weighted by Gasteiger charge is -2.12. The van der Waals surface area contributed by atoms with Crippen LogP contribution in [-0.2, 0) is 18.4 Å². The highest BCUT2D eigenvalue weighted by Crippen LogP contribution is 2.24. The predicted octanol–water partition coefficient (Wildman–Crippen LogP) is 4.01. The molecule has 2 N–H and O–H groups in total. The van der Waals surface area contributed by atoms with Gasteiger partial charge in [0.25, 0.3) is 5.91 Å². The number of hydrogen-bond acceptors (Lipinski definition) is 5. The van der Waals surface area contributed by atoms with Crippen LogP contribution >= 0.6 is 34.4 Å². The van der Waals surface area contributed by atoms with Gasteiger partial charge < -0.3 is 15.2 Å². The first-order valence-corrected chi connectivity index (χ1v) is 11.7. The molecule has 9 heteroatoms. The van der Waals surface area contributed by atoms with E-state index in [1.165, 1.54) is 11.8 Å². The molecule has 0 fully saturated rings. The molecule has 3 rings (SSSR count). The second kappa shape index (κ2) is 10.3. The number of rotatable bonds is 7. The van der Waals surface area contributed by atoms with Crippen LogP contribution in [0.3, 0.4) is 0 Å². The average Bonchev–Trinajstić information content (AvgIpc) is 3.06. The number of benzene rings is 2. The van der Waals surface area contributed by atoms with Crippen LogP contribution in [0.4, 0.5) is 5.69 Å². The van der Waals surface area contributed by atoms with E-state index >= 15 is 0 Å². The summed E-state index contributed by atoms with van der Waals surface area (Å²) in [5.41, 5.74) is 4.55. The summed E-state index contributed by atoms with van der Waals surface area (Å²) in [6.45, 7) is 6.17. The number of aromatic nitrogens is 3. The van der Waals surface area contributed by atoms with Crippen LogP contribution in [0.5, 0.6) is 0 Å². The van der Waals surface area contributed by atoms with Crippen LogP contribution < -0.4 is 10.6 Å². The number of anilines is 1. The van der Waals surface area contributed by atoms with E-state index in [0.29, 0.717) is 16.5 Å². The number of amides is 2. The normalized spacial score (nSPS) is 10.7. The number of nitrogens with one attached hydrogen (secondary N) is 2. The maximum atomic E-state index is 12.4. The Labute approximate surface area is 199 Å². The predicted molar refractivity (Wildman–Crippen MR) is 131 cm³/mol. The van der Waals surface area contributed by atoms with Crippen molar-refractivity contribution in [3.05, 3.63) is 68.0 Å². The van der Waals surface area contributed by atoms with E-state index < -0.39 is 0 Å². The smallest absolute Gasteiger partial charge is 0.251 e. The molecule has 0 aliphatic rings. The third kappa shape index (κ3) is 6.07. The molecule has 0 unspecified atom stereocenters. The first-order valence-electron chi connectivity index (χ1n) is 9.67. The Kier molecular flexibility index (Phi) is 7.71. The highest BCUT2D eigenvalue weighted by Gasteiger charge is 2.14. The van der Waals surface area contributed by atoms with Gasteiger partial charge in [0, 0.05) is 21.9 Å². The van der Waals surface area contributed by atoms with Gasteiger partial charge in [-0.1, -0.05) is 29.5 Å². The fraction of sp³-hybridized carbons (Fsp3) is 0.273. The second-order valence-electron chi connectivity index (χ2n) is 7.26. The van der Waals surface area contributed by atoms with Gasteiger partial charge in [0.2, 0.25) is 5.91 Å². The number of carbonyl (C=O) groups is 2. The molecule has 0 saturated heterocycles. The number of carbonyl (C=O) groups excluding carboxylic acids is 2. The number of nitrogens with zero attached hydrogens (tertiary/aromatic N) is 3. The zero-order chi connectivity index (χ0) is 22.5. The Hall–Kier alpha value is -2.40. The molecule has 0 saturated carbocycles. The Balaban J connectivity index is 1.55. The molecule has 1 aromatic heterocycles. The SMILES string of the molecule is Cc1cccc(C(=O)NCc2nnc(SCC(=O)Nc3c(C)cc(I)cc3C)n2C)c1. The summed E-state index contributed by atoms with van der Waals surface area (Å²) in [6, 6.07) is 11.5. The van der Waals surface area contributed by atoms with Gasteiger partial charge >= 0.3 is 0 Å². The second-order valence-corrected chi connectivity index (χ2v) is 9.45. The molecular formula is C22H24IN5O2S. The van der Waals surface area contributed by atoms with Gasteiger partial charge in [0.15, 0.2) is 11.0 Å². The molecule has 7 nitrogen and oxygen atoms in total. The average molecular weight is 549 g/mol. The lowest BCUT2D eigenvalue weighted by molar-refractivity contribution is -0.113. The van der Waals surface area contributed by atoms with E-state index in [1.807, 2.05) is 58.2 Å². The molecule has 0 spiro atoms. The molecule has 31 heavy (non-hydrogen) atoms. The van der Waals surface area contributed by atoms with E-state index in [9.17, 15) is 9.59 Å². The largest absolute Gasteiger partial charge is 0.345 e. The van der Waals surface area contributed by atoms with E-state index in [4.69, 9.17) is 0 Å². The van der Waals surface area contributed by atoms with Crippen LogP contribution in [0.15, 0.2) is 41.6 Å². The topological polar surface area (TPSA) is 88.9 Å². The van der Waals surface area contributed by atoms with Crippen LogP contribution in [-0.4, -0.2) is 32.3 Å². The Morgan fingerprint density at radius 3 is 2.48 bits per heavy atom. The highest BCUT2D eigenvalue weighted by atomic mass is 127. The molecule has 2 amide bonds. The van der Waals surface area contributed by atoms with Crippen molar-refractivity contribution in [1.29, 1.82) is 0 Å². The van der Waals surface area contributed by atoms with Crippen LogP contribution in [0.1, 0.15) is 32.9 Å². The Morgan fingerprint density at radius 1 is 1.10 bits per heavy atom. The van der Waals surface area contributed by atoms with E-state index in [0.717, 1.165) is 25.9 Å². The summed E-state index contributed by atoms with van der Waals surface area (Å²) in [4.78, 5) is 24.8. The van der Waals surface area contributed by atoms with Gasteiger partial charge in [-0.05, 0) is 78.8 Å². The van der Waals surface area contributed by atoms with E-state index in [2.05, 4.69) is 43.4 Å². The molecule has 162 valence electrons. The quantitative estimate of drug-likeness (QED) is 0.344. The molecule has 3 aromatic rings. The fourth-order valence-corrected chi connectivity index (χ4v) is 4.75. The van der Waals surface area contributed by atoms with Crippen molar-refractivity contribution in [2.45, 2.75) is 32.5 Å². The highest BCUT2D eigenvalue weighted by molar-refractivity contribution is 14.1. The van der Waals surface area contributed by atoms with Crippen molar-refractivity contribution in [3.63, 3.8) is 0 Å². The first-order chi connectivity index (χ1) is 14.7. The van der Waals surface area contributed by atoms with Crippen LogP contribution in [0.2, 0.25) is 0 Å². The van der Waals surface area contributed by atoms with Gasteiger partial charge in [0.1, 0.15) is 0 Å². The van der Waals surface area contributed by atoms with Crippen molar-refractivity contribution >= 4 is 51.9 Å². The van der Waals surface area contributed by atoms with Crippen LogP contribution in [0, 0.1) is 24.3 Å². The number of thioether (sulfide) groups is 1. The summed E-state index contributed by atoms with van der Waals surface area (Å²) >= 11 is 3.57. The van der Waals surface area contributed by atoms with E-state index in [1.54, 1.807) is 10.6 Å². The van der Waals surface area contributed by atoms with Crippen molar-refractivity contribution in [3.8, 4) is 0 Å². The first kappa shape index (κ1) is 23.3. The maximum Gasteiger partial charge on any atom is 0.251 e. The summed E-state index contributed by atoms with van der Waals surface area (Å²) in [5, 5.41) is 14.8. The minimum atomic E-state index is -0.163. The lowest BCUT2D eigenvalue weighted by Crippen LogP contribution is -2.24. The minimum absolute atomic E-state index is 0.102. The van der Waals surface area contributed by atoms with Crippen molar-refractivity contribution < 1.29 is 9.59 Å². The van der Waals surface area contributed by atoms with Gasteiger partial charge in [-0.3, -0.25) is 9.59 Å². The molecule has 2 aromatic carbocycles. The van der Waals surface area contributed by atoms with Crippen molar-refractivity contribution in [2.75, 3.05) is 11.1 Å². The lowest BCUT2D eigenvalue weighted by atomic mass is 10.1. The number of hydrogen-bond donors (Lipinski definition) is 2. The van der Waals surface area contributed by atoms with Crippen LogP contribution in [0.25, 0.3) is 0 Å². The molecule has 0 atom stereocenters.